The van der Waals surface area contributed by atoms with Crippen molar-refractivity contribution in [2.75, 3.05) is 26.7 Å². The van der Waals surface area contributed by atoms with Crippen LogP contribution < -0.4 is 0 Å². The van der Waals surface area contributed by atoms with Crippen molar-refractivity contribution < 1.29 is 15.0 Å². The highest BCUT2D eigenvalue weighted by molar-refractivity contribution is 5.67. The van der Waals surface area contributed by atoms with Crippen LogP contribution >= 0.6 is 0 Å². The standard InChI is InChI=1S/C10H19NO3/c1-11-4-2-3-8(6-11)9(7-12)5-10(13)14/h8-9,12H,2-7H2,1H3,(H,13,14). The van der Waals surface area contributed by atoms with Crippen molar-refractivity contribution in [3.63, 3.8) is 0 Å². The third-order valence-electron chi connectivity index (χ3n) is 3.00. The topological polar surface area (TPSA) is 60.8 Å². The fraction of sp³-hybridized carbons (Fsp3) is 0.900. The van der Waals surface area contributed by atoms with E-state index >= 15 is 0 Å². The molecule has 0 bridgehead atoms. The van der Waals surface area contributed by atoms with Gasteiger partial charge in [0.25, 0.3) is 0 Å². The number of hydrogen-bond acceptors (Lipinski definition) is 3. The molecule has 0 aliphatic carbocycles. The second-order valence-electron chi connectivity index (χ2n) is 4.21. The van der Waals surface area contributed by atoms with Crippen LogP contribution in [0.3, 0.4) is 0 Å². The van der Waals surface area contributed by atoms with E-state index in [0.717, 1.165) is 25.9 Å². The summed E-state index contributed by atoms with van der Waals surface area (Å²) in [5.41, 5.74) is 0. The molecule has 0 amide bonds. The first-order valence-corrected chi connectivity index (χ1v) is 5.14. The van der Waals surface area contributed by atoms with Crippen molar-refractivity contribution in [2.24, 2.45) is 11.8 Å². The fourth-order valence-corrected chi connectivity index (χ4v) is 2.20. The predicted octanol–water partition coefficient (Wildman–Crippen LogP) is 0.411. The molecule has 2 unspecified atom stereocenters. The summed E-state index contributed by atoms with van der Waals surface area (Å²) in [5, 5.41) is 17.8. The third-order valence-corrected chi connectivity index (χ3v) is 3.00. The summed E-state index contributed by atoms with van der Waals surface area (Å²) >= 11 is 0. The van der Waals surface area contributed by atoms with Gasteiger partial charge in [-0.25, -0.2) is 0 Å². The quantitative estimate of drug-likeness (QED) is 0.691. The van der Waals surface area contributed by atoms with Crippen LogP contribution in [0, 0.1) is 11.8 Å². The maximum Gasteiger partial charge on any atom is 0.303 e. The van der Waals surface area contributed by atoms with Crippen LogP contribution in [0.1, 0.15) is 19.3 Å². The van der Waals surface area contributed by atoms with Gasteiger partial charge in [0.05, 0.1) is 6.42 Å². The Morgan fingerprint density at radius 2 is 2.36 bits per heavy atom. The molecule has 4 nitrogen and oxygen atoms in total. The van der Waals surface area contributed by atoms with E-state index in [4.69, 9.17) is 10.2 Å². The number of likely N-dealkylation sites (tertiary alicyclic amines) is 1. The molecule has 2 atom stereocenters. The number of carboxylic acid groups (broad SMARTS) is 1. The molecule has 1 fully saturated rings. The number of aliphatic hydroxyl groups excluding tert-OH is 1. The second-order valence-corrected chi connectivity index (χ2v) is 4.21. The zero-order chi connectivity index (χ0) is 10.6. The number of aliphatic hydroxyl groups is 1. The highest BCUT2D eigenvalue weighted by atomic mass is 16.4. The maximum absolute atomic E-state index is 10.6. The van der Waals surface area contributed by atoms with Crippen LogP contribution in [0.2, 0.25) is 0 Å². The second kappa shape index (κ2) is 5.32. The normalized spacial score (nSPS) is 26.0. The van der Waals surface area contributed by atoms with Gasteiger partial charge in [0.2, 0.25) is 0 Å². The molecule has 1 heterocycles. The van der Waals surface area contributed by atoms with Gasteiger partial charge >= 0.3 is 5.97 Å². The molecule has 0 spiro atoms. The Balaban J connectivity index is 2.46. The van der Waals surface area contributed by atoms with Crippen molar-refractivity contribution in [3.05, 3.63) is 0 Å². The molecule has 2 N–H and O–H groups in total. The number of aliphatic carboxylic acids is 1. The predicted molar refractivity (Wildman–Crippen MR) is 53.0 cm³/mol. The Bertz CT molecular complexity index is 196. The molecule has 0 radical (unpaired) electrons. The Morgan fingerprint density at radius 1 is 1.64 bits per heavy atom. The summed E-state index contributed by atoms with van der Waals surface area (Å²) in [6.45, 7) is 1.99. The number of hydrogen-bond donors (Lipinski definition) is 2. The summed E-state index contributed by atoms with van der Waals surface area (Å²) in [6, 6.07) is 0. The lowest BCUT2D eigenvalue weighted by atomic mass is 9.84. The number of carboxylic acids is 1. The van der Waals surface area contributed by atoms with Crippen LogP contribution in [-0.2, 0) is 4.79 Å². The minimum absolute atomic E-state index is 0.00912. The molecule has 1 rings (SSSR count). The summed E-state index contributed by atoms with van der Waals surface area (Å²) in [7, 11) is 2.04. The average molecular weight is 201 g/mol. The molecular formula is C10H19NO3. The largest absolute Gasteiger partial charge is 0.481 e. The van der Waals surface area contributed by atoms with Crippen LogP contribution in [0.4, 0.5) is 0 Å². The van der Waals surface area contributed by atoms with E-state index in [2.05, 4.69) is 4.90 Å². The minimum Gasteiger partial charge on any atom is -0.481 e. The molecule has 0 aromatic heterocycles. The number of rotatable bonds is 4. The third kappa shape index (κ3) is 3.27. The summed E-state index contributed by atoms with van der Waals surface area (Å²) in [5.74, 6) is -0.539. The highest BCUT2D eigenvalue weighted by Crippen LogP contribution is 2.25. The molecule has 0 aromatic rings. The lowest BCUT2D eigenvalue weighted by molar-refractivity contribution is -0.139. The van der Waals surface area contributed by atoms with Crippen molar-refractivity contribution in [3.8, 4) is 0 Å². The van der Waals surface area contributed by atoms with Crippen molar-refractivity contribution >= 4 is 5.97 Å². The van der Waals surface area contributed by atoms with Gasteiger partial charge in [0.15, 0.2) is 0 Å². The molecular weight excluding hydrogens is 182 g/mol. The SMILES string of the molecule is CN1CCCC(C(CO)CC(=O)O)C1. The van der Waals surface area contributed by atoms with E-state index in [0.29, 0.717) is 5.92 Å². The number of piperidine rings is 1. The van der Waals surface area contributed by atoms with Crippen LogP contribution in [-0.4, -0.2) is 47.8 Å². The monoisotopic (exact) mass is 201 g/mol. The first-order valence-electron chi connectivity index (χ1n) is 5.14. The van der Waals surface area contributed by atoms with Crippen LogP contribution in [0.25, 0.3) is 0 Å². The Kier molecular flexibility index (Phi) is 4.35. The zero-order valence-electron chi connectivity index (χ0n) is 8.65. The van der Waals surface area contributed by atoms with Gasteiger partial charge in [-0.1, -0.05) is 0 Å². The van der Waals surface area contributed by atoms with E-state index in [1.54, 1.807) is 0 Å². The number of carbonyl (C=O) groups is 1. The van der Waals surface area contributed by atoms with Gasteiger partial charge in [0, 0.05) is 13.2 Å². The van der Waals surface area contributed by atoms with Crippen LogP contribution in [0.5, 0.6) is 0 Å². The summed E-state index contributed by atoms with van der Waals surface area (Å²) in [6.07, 6.45) is 2.25. The highest BCUT2D eigenvalue weighted by Gasteiger charge is 2.26. The molecule has 14 heavy (non-hydrogen) atoms. The van der Waals surface area contributed by atoms with Gasteiger partial charge in [-0.3, -0.25) is 4.79 Å². The van der Waals surface area contributed by atoms with Gasteiger partial charge in [-0.2, -0.15) is 0 Å². The Morgan fingerprint density at radius 3 is 2.86 bits per heavy atom. The number of nitrogens with zero attached hydrogens (tertiary/aromatic N) is 1. The van der Waals surface area contributed by atoms with E-state index in [1.165, 1.54) is 0 Å². The molecule has 4 heteroatoms. The van der Waals surface area contributed by atoms with E-state index in [-0.39, 0.29) is 18.9 Å². The van der Waals surface area contributed by atoms with Crippen molar-refractivity contribution in [1.82, 2.24) is 4.90 Å². The average Bonchev–Trinajstić information content (AvgIpc) is 2.14. The molecule has 1 aliphatic rings. The fourth-order valence-electron chi connectivity index (χ4n) is 2.20. The van der Waals surface area contributed by atoms with E-state index < -0.39 is 5.97 Å². The maximum atomic E-state index is 10.6. The first kappa shape index (κ1) is 11.5. The molecule has 1 aliphatic heterocycles. The van der Waals surface area contributed by atoms with Gasteiger partial charge in [-0.05, 0) is 38.3 Å². The smallest absolute Gasteiger partial charge is 0.303 e. The van der Waals surface area contributed by atoms with Crippen molar-refractivity contribution in [2.45, 2.75) is 19.3 Å². The van der Waals surface area contributed by atoms with Gasteiger partial charge in [0.1, 0.15) is 0 Å². The molecule has 0 saturated carbocycles. The Hall–Kier alpha value is -0.610. The van der Waals surface area contributed by atoms with Gasteiger partial charge in [-0.15, -0.1) is 0 Å². The summed E-state index contributed by atoms with van der Waals surface area (Å²) < 4.78 is 0. The minimum atomic E-state index is -0.808. The van der Waals surface area contributed by atoms with Gasteiger partial charge < -0.3 is 15.1 Å². The van der Waals surface area contributed by atoms with E-state index in [1.807, 2.05) is 7.05 Å². The lowest BCUT2D eigenvalue weighted by Crippen LogP contribution is -2.37. The van der Waals surface area contributed by atoms with E-state index in [9.17, 15) is 4.79 Å². The lowest BCUT2D eigenvalue weighted by Gasteiger charge is -2.33. The molecule has 82 valence electrons. The van der Waals surface area contributed by atoms with Crippen molar-refractivity contribution in [1.29, 1.82) is 0 Å². The Labute approximate surface area is 84.5 Å². The zero-order valence-corrected chi connectivity index (χ0v) is 8.65. The molecule has 1 saturated heterocycles. The molecule has 0 aromatic carbocycles. The van der Waals surface area contributed by atoms with Crippen LogP contribution in [0.15, 0.2) is 0 Å². The first-order chi connectivity index (χ1) is 6.63. The summed E-state index contributed by atoms with van der Waals surface area (Å²) in [4.78, 5) is 12.8.